The van der Waals surface area contributed by atoms with Gasteiger partial charge in [0.25, 0.3) is 0 Å². The summed E-state index contributed by atoms with van der Waals surface area (Å²) in [5, 5.41) is 7.78. The number of hydrogen-bond acceptors (Lipinski definition) is 5. The van der Waals surface area contributed by atoms with Crippen molar-refractivity contribution >= 4 is 17.4 Å². The first kappa shape index (κ1) is 20.9. The molecule has 4 rings (SSSR count). The summed E-state index contributed by atoms with van der Waals surface area (Å²) in [5.41, 5.74) is 5.00. The average molecular weight is 421 g/mol. The summed E-state index contributed by atoms with van der Waals surface area (Å²) in [7, 11) is 1.65. The number of carbonyl (C=O) groups excluding carboxylic acids is 1. The van der Waals surface area contributed by atoms with Gasteiger partial charge in [-0.2, -0.15) is 5.10 Å². The first-order valence-electron chi connectivity index (χ1n) is 10.4. The SMILES string of the molecule is COc1ccc(-c2cn(CC(=O)Nc3cc(C)ccc3C)nc2N2CCOCC2)cc1. The molecular formula is C24H28N4O3. The van der Waals surface area contributed by atoms with Crippen LogP contribution in [-0.2, 0) is 16.1 Å². The number of benzene rings is 2. The van der Waals surface area contributed by atoms with Crippen molar-refractivity contribution in [3.8, 4) is 16.9 Å². The van der Waals surface area contributed by atoms with Gasteiger partial charge in [-0.3, -0.25) is 9.48 Å². The quantitative estimate of drug-likeness (QED) is 0.659. The number of amides is 1. The van der Waals surface area contributed by atoms with Crippen molar-refractivity contribution in [2.75, 3.05) is 43.6 Å². The Morgan fingerprint density at radius 2 is 1.87 bits per heavy atom. The molecule has 2 heterocycles. The number of anilines is 2. The maximum atomic E-state index is 12.7. The van der Waals surface area contributed by atoms with Crippen molar-refractivity contribution in [3.05, 3.63) is 59.8 Å². The Morgan fingerprint density at radius 1 is 1.13 bits per heavy atom. The van der Waals surface area contributed by atoms with Crippen LogP contribution >= 0.6 is 0 Å². The molecule has 0 atom stereocenters. The number of aryl methyl sites for hydroxylation is 2. The van der Waals surface area contributed by atoms with Gasteiger partial charge < -0.3 is 19.7 Å². The third-order valence-electron chi connectivity index (χ3n) is 5.43. The van der Waals surface area contributed by atoms with Crippen molar-refractivity contribution in [2.45, 2.75) is 20.4 Å². The van der Waals surface area contributed by atoms with Crippen LogP contribution in [0.3, 0.4) is 0 Å². The second kappa shape index (κ2) is 9.22. The van der Waals surface area contributed by atoms with E-state index in [9.17, 15) is 4.79 Å². The second-order valence-electron chi connectivity index (χ2n) is 7.76. The molecule has 0 radical (unpaired) electrons. The average Bonchev–Trinajstić information content (AvgIpc) is 3.20. The highest BCUT2D eigenvalue weighted by Gasteiger charge is 2.21. The fourth-order valence-electron chi connectivity index (χ4n) is 3.68. The molecular weight excluding hydrogens is 392 g/mol. The molecule has 0 unspecified atom stereocenters. The van der Waals surface area contributed by atoms with E-state index in [4.69, 9.17) is 14.6 Å². The van der Waals surface area contributed by atoms with E-state index in [0.29, 0.717) is 13.2 Å². The highest BCUT2D eigenvalue weighted by Crippen LogP contribution is 2.31. The highest BCUT2D eigenvalue weighted by atomic mass is 16.5. The number of methoxy groups -OCH3 is 1. The molecule has 31 heavy (non-hydrogen) atoms. The van der Waals surface area contributed by atoms with Gasteiger partial charge in [-0.25, -0.2) is 0 Å². The van der Waals surface area contributed by atoms with Crippen LogP contribution in [-0.4, -0.2) is 49.1 Å². The van der Waals surface area contributed by atoms with Gasteiger partial charge in [0.1, 0.15) is 12.3 Å². The van der Waals surface area contributed by atoms with E-state index in [0.717, 1.165) is 52.6 Å². The van der Waals surface area contributed by atoms with Gasteiger partial charge in [-0.05, 0) is 48.7 Å². The minimum absolute atomic E-state index is 0.106. The summed E-state index contributed by atoms with van der Waals surface area (Å²) in [6, 6.07) is 13.9. The molecule has 0 saturated carbocycles. The number of nitrogens with zero attached hydrogens (tertiary/aromatic N) is 3. The van der Waals surface area contributed by atoms with Crippen molar-refractivity contribution in [1.82, 2.24) is 9.78 Å². The first-order valence-corrected chi connectivity index (χ1v) is 10.4. The van der Waals surface area contributed by atoms with E-state index >= 15 is 0 Å². The molecule has 1 N–H and O–H groups in total. The number of carbonyl (C=O) groups is 1. The summed E-state index contributed by atoms with van der Waals surface area (Å²) < 4.78 is 12.5. The third kappa shape index (κ3) is 4.88. The number of hydrogen-bond donors (Lipinski definition) is 1. The number of aromatic nitrogens is 2. The summed E-state index contributed by atoms with van der Waals surface area (Å²) in [6.07, 6.45) is 1.94. The largest absolute Gasteiger partial charge is 0.497 e. The van der Waals surface area contributed by atoms with Gasteiger partial charge in [0, 0.05) is 30.5 Å². The first-order chi connectivity index (χ1) is 15.0. The molecule has 1 saturated heterocycles. The van der Waals surface area contributed by atoms with Crippen LogP contribution in [0, 0.1) is 13.8 Å². The lowest BCUT2D eigenvalue weighted by Crippen LogP contribution is -2.36. The molecule has 0 aliphatic carbocycles. The van der Waals surface area contributed by atoms with Crippen LogP contribution in [0.5, 0.6) is 5.75 Å². The Bertz CT molecular complexity index is 1050. The zero-order valence-corrected chi connectivity index (χ0v) is 18.2. The lowest BCUT2D eigenvalue weighted by molar-refractivity contribution is -0.116. The Labute approximate surface area is 182 Å². The molecule has 7 nitrogen and oxygen atoms in total. The van der Waals surface area contributed by atoms with Crippen LogP contribution in [0.1, 0.15) is 11.1 Å². The van der Waals surface area contributed by atoms with Crippen LogP contribution in [0.25, 0.3) is 11.1 Å². The number of ether oxygens (including phenoxy) is 2. The van der Waals surface area contributed by atoms with Gasteiger partial charge in [0.15, 0.2) is 5.82 Å². The molecule has 3 aromatic rings. The smallest absolute Gasteiger partial charge is 0.246 e. The molecule has 1 aliphatic heterocycles. The van der Waals surface area contributed by atoms with Gasteiger partial charge in [-0.1, -0.05) is 24.3 Å². The number of morpholine rings is 1. The summed E-state index contributed by atoms with van der Waals surface area (Å²) in [5.74, 6) is 1.57. The molecule has 1 aromatic heterocycles. The molecule has 7 heteroatoms. The zero-order valence-electron chi connectivity index (χ0n) is 18.2. The predicted molar refractivity (Wildman–Crippen MR) is 122 cm³/mol. The van der Waals surface area contributed by atoms with Crippen molar-refractivity contribution in [2.24, 2.45) is 0 Å². The van der Waals surface area contributed by atoms with Gasteiger partial charge in [0.2, 0.25) is 5.91 Å². The Hall–Kier alpha value is -3.32. The zero-order chi connectivity index (χ0) is 21.8. The van der Waals surface area contributed by atoms with Crippen LogP contribution in [0.4, 0.5) is 11.5 Å². The molecule has 1 fully saturated rings. The standard InChI is InChI=1S/C24H28N4O3/c1-17-4-5-18(2)22(14-17)25-23(29)16-28-15-21(19-6-8-20(30-3)9-7-19)24(26-28)27-10-12-31-13-11-27/h4-9,14-15H,10-13,16H2,1-3H3,(H,25,29). The minimum atomic E-state index is -0.106. The molecule has 0 spiro atoms. The lowest BCUT2D eigenvalue weighted by Gasteiger charge is -2.27. The van der Waals surface area contributed by atoms with Crippen LogP contribution in [0.2, 0.25) is 0 Å². The third-order valence-corrected chi connectivity index (χ3v) is 5.43. The molecule has 162 valence electrons. The van der Waals surface area contributed by atoms with Crippen LogP contribution in [0.15, 0.2) is 48.7 Å². The topological polar surface area (TPSA) is 68.6 Å². The van der Waals surface area contributed by atoms with E-state index < -0.39 is 0 Å². The van der Waals surface area contributed by atoms with Crippen molar-refractivity contribution < 1.29 is 14.3 Å². The maximum Gasteiger partial charge on any atom is 0.246 e. The van der Waals surface area contributed by atoms with Gasteiger partial charge >= 0.3 is 0 Å². The maximum absolute atomic E-state index is 12.7. The Balaban J connectivity index is 1.59. The van der Waals surface area contributed by atoms with E-state index in [1.807, 2.05) is 62.5 Å². The monoisotopic (exact) mass is 420 g/mol. The van der Waals surface area contributed by atoms with E-state index in [1.165, 1.54) is 0 Å². The van der Waals surface area contributed by atoms with Crippen molar-refractivity contribution in [3.63, 3.8) is 0 Å². The van der Waals surface area contributed by atoms with E-state index in [-0.39, 0.29) is 12.5 Å². The van der Waals surface area contributed by atoms with E-state index in [2.05, 4.69) is 10.2 Å². The lowest BCUT2D eigenvalue weighted by atomic mass is 10.1. The second-order valence-corrected chi connectivity index (χ2v) is 7.76. The number of rotatable bonds is 6. The Morgan fingerprint density at radius 3 is 2.58 bits per heavy atom. The summed E-state index contributed by atoms with van der Waals surface area (Å²) in [6.45, 7) is 7.02. The fourth-order valence-corrected chi connectivity index (χ4v) is 3.68. The fraction of sp³-hybridized carbons (Fsp3) is 0.333. The van der Waals surface area contributed by atoms with E-state index in [1.54, 1.807) is 11.8 Å². The molecule has 1 aliphatic rings. The summed E-state index contributed by atoms with van der Waals surface area (Å²) in [4.78, 5) is 15.0. The van der Waals surface area contributed by atoms with Crippen molar-refractivity contribution in [1.29, 1.82) is 0 Å². The van der Waals surface area contributed by atoms with Gasteiger partial charge in [-0.15, -0.1) is 0 Å². The predicted octanol–water partition coefficient (Wildman–Crippen LogP) is 3.65. The molecule has 0 bridgehead atoms. The minimum Gasteiger partial charge on any atom is -0.497 e. The summed E-state index contributed by atoms with van der Waals surface area (Å²) >= 11 is 0. The Kier molecular flexibility index (Phi) is 6.23. The van der Waals surface area contributed by atoms with Gasteiger partial charge in [0.05, 0.1) is 20.3 Å². The molecule has 1 amide bonds. The highest BCUT2D eigenvalue weighted by molar-refractivity contribution is 5.91. The normalized spacial score (nSPS) is 13.8. The number of nitrogens with one attached hydrogen (secondary N) is 1. The van der Waals surface area contributed by atoms with Crippen LogP contribution < -0.4 is 15.0 Å². The molecule has 2 aromatic carbocycles.